The Labute approximate surface area is 192 Å². The lowest BCUT2D eigenvalue weighted by atomic mass is 9.96. The van der Waals surface area contributed by atoms with Gasteiger partial charge in [-0.25, -0.2) is 0 Å². The molecule has 4 aromatic rings. The molecular weight excluding hydrogens is 418 g/mol. The number of methoxy groups -OCH3 is 2. The summed E-state index contributed by atoms with van der Waals surface area (Å²) in [5.41, 5.74) is 6.52. The fraction of sp³-hybridized carbons (Fsp3) is 0.222. The van der Waals surface area contributed by atoms with Crippen LogP contribution in [-0.4, -0.2) is 31.6 Å². The van der Waals surface area contributed by atoms with Crippen LogP contribution in [0.5, 0.6) is 11.5 Å². The molecule has 0 spiro atoms. The number of amides is 1. The number of fused-ring (bicyclic) bond motifs is 2. The Morgan fingerprint density at radius 3 is 2.38 bits per heavy atom. The molecule has 162 valence electrons. The first-order valence-electron chi connectivity index (χ1n) is 10.7. The number of thiophene rings is 1. The van der Waals surface area contributed by atoms with Crippen LogP contribution >= 0.6 is 11.3 Å². The summed E-state index contributed by atoms with van der Waals surface area (Å²) in [6.07, 6.45) is 0.799. The smallest absolute Gasteiger partial charge is 0.254 e. The first-order chi connectivity index (χ1) is 15.6. The number of rotatable bonds is 4. The third kappa shape index (κ3) is 3.63. The fourth-order valence-electron chi connectivity index (χ4n) is 4.41. The van der Waals surface area contributed by atoms with Crippen LogP contribution in [0, 0.1) is 6.92 Å². The minimum absolute atomic E-state index is 0.0640. The molecule has 4 nitrogen and oxygen atoms in total. The van der Waals surface area contributed by atoms with Crippen molar-refractivity contribution in [3.8, 4) is 22.6 Å². The van der Waals surface area contributed by atoms with Crippen molar-refractivity contribution >= 4 is 27.3 Å². The Morgan fingerprint density at radius 2 is 1.66 bits per heavy atom. The number of hydrogen-bond acceptors (Lipinski definition) is 4. The van der Waals surface area contributed by atoms with E-state index < -0.39 is 0 Å². The van der Waals surface area contributed by atoms with E-state index in [0.29, 0.717) is 18.8 Å². The lowest BCUT2D eigenvalue weighted by Crippen LogP contribution is -2.36. The summed E-state index contributed by atoms with van der Waals surface area (Å²) in [6.45, 7) is 3.34. The molecule has 1 aromatic heterocycles. The molecule has 5 rings (SSSR count). The normalized spacial score (nSPS) is 13.2. The molecule has 0 saturated heterocycles. The summed E-state index contributed by atoms with van der Waals surface area (Å²) in [4.78, 5) is 15.5. The molecule has 1 amide bonds. The first-order valence-corrected chi connectivity index (χ1v) is 11.6. The van der Waals surface area contributed by atoms with Gasteiger partial charge in [0.1, 0.15) is 0 Å². The van der Waals surface area contributed by atoms with Crippen molar-refractivity contribution in [1.29, 1.82) is 0 Å². The van der Waals surface area contributed by atoms with Crippen molar-refractivity contribution in [3.05, 3.63) is 82.2 Å². The summed E-state index contributed by atoms with van der Waals surface area (Å²) in [6, 6.07) is 18.7. The highest BCUT2D eigenvalue weighted by atomic mass is 32.1. The largest absolute Gasteiger partial charge is 0.493 e. The topological polar surface area (TPSA) is 38.8 Å². The van der Waals surface area contributed by atoms with Gasteiger partial charge in [0, 0.05) is 28.7 Å². The van der Waals surface area contributed by atoms with Gasteiger partial charge in [-0.2, -0.15) is 0 Å². The second-order valence-electron chi connectivity index (χ2n) is 8.17. The molecule has 0 unspecified atom stereocenters. The summed E-state index contributed by atoms with van der Waals surface area (Å²) < 4.78 is 12.0. The molecule has 0 saturated carbocycles. The zero-order valence-corrected chi connectivity index (χ0v) is 19.3. The Hall–Kier alpha value is -3.31. The van der Waals surface area contributed by atoms with Crippen LogP contribution in [0.1, 0.15) is 27.0 Å². The van der Waals surface area contributed by atoms with E-state index in [-0.39, 0.29) is 5.91 Å². The van der Waals surface area contributed by atoms with Crippen LogP contribution in [0.25, 0.3) is 21.2 Å². The van der Waals surface area contributed by atoms with E-state index in [1.165, 1.54) is 16.5 Å². The maximum absolute atomic E-state index is 13.6. The third-order valence-electron chi connectivity index (χ3n) is 6.19. The molecule has 1 aliphatic rings. The van der Waals surface area contributed by atoms with Gasteiger partial charge >= 0.3 is 0 Å². The summed E-state index contributed by atoms with van der Waals surface area (Å²) in [5.74, 6) is 1.49. The minimum atomic E-state index is 0.0640. The van der Waals surface area contributed by atoms with E-state index in [2.05, 4.69) is 42.6 Å². The number of benzene rings is 3. The minimum Gasteiger partial charge on any atom is -0.493 e. The number of ether oxygens (including phenoxy) is 2. The molecule has 0 radical (unpaired) electrons. The number of carbonyl (C=O) groups excluding carboxylic acids is 1. The molecule has 5 heteroatoms. The zero-order valence-electron chi connectivity index (χ0n) is 18.5. The van der Waals surface area contributed by atoms with Crippen molar-refractivity contribution in [2.45, 2.75) is 19.9 Å². The monoisotopic (exact) mass is 443 g/mol. The Morgan fingerprint density at radius 1 is 0.938 bits per heavy atom. The van der Waals surface area contributed by atoms with Crippen LogP contribution in [0.2, 0.25) is 0 Å². The predicted molar refractivity (Wildman–Crippen MR) is 130 cm³/mol. The molecule has 1 aliphatic heterocycles. The second kappa shape index (κ2) is 8.32. The maximum Gasteiger partial charge on any atom is 0.254 e. The second-order valence-corrected chi connectivity index (χ2v) is 9.12. The highest BCUT2D eigenvalue weighted by Crippen LogP contribution is 2.36. The van der Waals surface area contributed by atoms with Gasteiger partial charge in [-0.1, -0.05) is 29.8 Å². The molecule has 2 heterocycles. The molecule has 0 fully saturated rings. The quantitative estimate of drug-likeness (QED) is 0.383. The lowest BCUT2D eigenvalue weighted by molar-refractivity contribution is 0.0734. The zero-order chi connectivity index (χ0) is 22.2. The summed E-state index contributed by atoms with van der Waals surface area (Å²) >= 11 is 1.67. The van der Waals surface area contributed by atoms with Crippen molar-refractivity contribution in [1.82, 2.24) is 4.90 Å². The maximum atomic E-state index is 13.6. The van der Waals surface area contributed by atoms with Crippen LogP contribution in [0.15, 0.2) is 60.0 Å². The molecule has 0 atom stereocenters. The Bertz CT molecular complexity index is 1310. The SMILES string of the molecule is COc1cc2c(cc1OC)CN(C(=O)c1cc(-c3ccc(C)cc3)c3ccsc3c1)CC2. The van der Waals surface area contributed by atoms with E-state index >= 15 is 0 Å². The average Bonchev–Trinajstić information content (AvgIpc) is 3.31. The van der Waals surface area contributed by atoms with Gasteiger partial charge in [0.05, 0.1) is 14.2 Å². The average molecular weight is 444 g/mol. The van der Waals surface area contributed by atoms with Gasteiger partial charge in [0.25, 0.3) is 5.91 Å². The summed E-state index contributed by atoms with van der Waals surface area (Å²) in [5, 5.41) is 3.28. The van der Waals surface area contributed by atoms with Crippen molar-refractivity contribution in [2.24, 2.45) is 0 Å². The van der Waals surface area contributed by atoms with Crippen molar-refractivity contribution in [2.75, 3.05) is 20.8 Å². The van der Waals surface area contributed by atoms with Gasteiger partial charge in [0.2, 0.25) is 0 Å². The number of carbonyl (C=O) groups is 1. The van der Waals surface area contributed by atoms with E-state index in [1.807, 2.05) is 29.2 Å². The standard InChI is InChI=1S/C27H25NO3S/c1-17-4-6-18(7-5-17)23-12-20(15-26-22(23)9-11-32-26)27(29)28-10-8-19-13-24(30-2)25(31-3)14-21(19)16-28/h4-7,9,11-15H,8,10,16H2,1-3H3. The molecule has 0 N–H and O–H groups in total. The van der Waals surface area contributed by atoms with Gasteiger partial charge < -0.3 is 14.4 Å². The Balaban J connectivity index is 1.50. The third-order valence-corrected chi connectivity index (χ3v) is 7.05. The molecule has 3 aromatic carbocycles. The van der Waals surface area contributed by atoms with E-state index in [4.69, 9.17) is 9.47 Å². The molecule has 0 aliphatic carbocycles. The Kier molecular flexibility index (Phi) is 5.35. The van der Waals surface area contributed by atoms with Gasteiger partial charge in [0.15, 0.2) is 11.5 Å². The van der Waals surface area contributed by atoms with Gasteiger partial charge in [-0.15, -0.1) is 11.3 Å². The van der Waals surface area contributed by atoms with Crippen molar-refractivity contribution in [3.63, 3.8) is 0 Å². The summed E-state index contributed by atoms with van der Waals surface area (Å²) in [7, 11) is 3.29. The fourth-order valence-corrected chi connectivity index (χ4v) is 5.26. The van der Waals surface area contributed by atoms with Crippen LogP contribution in [-0.2, 0) is 13.0 Å². The van der Waals surface area contributed by atoms with E-state index in [9.17, 15) is 4.79 Å². The number of nitrogens with zero attached hydrogens (tertiary/aromatic N) is 1. The first kappa shape index (κ1) is 20.6. The van der Waals surface area contributed by atoms with Crippen LogP contribution in [0.4, 0.5) is 0 Å². The van der Waals surface area contributed by atoms with Crippen LogP contribution in [0.3, 0.4) is 0 Å². The predicted octanol–water partition coefficient (Wildman–Crippen LogP) is 6.09. The van der Waals surface area contributed by atoms with E-state index in [0.717, 1.165) is 39.1 Å². The highest BCUT2D eigenvalue weighted by molar-refractivity contribution is 7.17. The van der Waals surface area contributed by atoms with Crippen LogP contribution < -0.4 is 9.47 Å². The molecule has 32 heavy (non-hydrogen) atoms. The number of aryl methyl sites for hydroxylation is 1. The van der Waals surface area contributed by atoms with Crippen molar-refractivity contribution < 1.29 is 14.3 Å². The van der Waals surface area contributed by atoms with Gasteiger partial charge in [-0.05, 0) is 71.3 Å². The van der Waals surface area contributed by atoms with E-state index in [1.54, 1.807) is 25.6 Å². The molecule has 0 bridgehead atoms. The molecular formula is C27H25NO3S. The lowest BCUT2D eigenvalue weighted by Gasteiger charge is -2.30. The van der Waals surface area contributed by atoms with Gasteiger partial charge in [-0.3, -0.25) is 4.79 Å². The number of hydrogen-bond donors (Lipinski definition) is 0. The highest BCUT2D eigenvalue weighted by Gasteiger charge is 2.24.